The SMILES string of the molecule is CCC(C)C(F)C(=O)O. The summed E-state index contributed by atoms with van der Waals surface area (Å²) in [6, 6.07) is 0. The van der Waals surface area contributed by atoms with Crippen molar-refractivity contribution in [3.05, 3.63) is 0 Å². The van der Waals surface area contributed by atoms with Crippen LogP contribution in [-0.2, 0) is 4.79 Å². The van der Waals surface area contributed by atoms with Crippen molar-refractivity contribution in [1.82, 2.24) is 0 Å². The molecule has 0 aromatic rings. The average molecular weight is 134 g/mol. The Hall–Kier alpha value is -0.600. The molecule has 0 amide bonds. The van der Waals surface area contributed by atoms with Crippen molar-refractivity contribution in [3.63, 3.8) is 0 Å². The van der Waals surface area contributed by atoms with Gasteiger partial charge in [0, 0.05) is 0 Å². The van der Waals surface area contributed by atoms with Crippen LogP contribution >= 0.6 is 0 Å². The van der Waals surface area contributed by atoms with Crippen LogP contribution in [0.15, 0.2) is 0 Å². The maximum Gasteiger partial charge on any atom is 0.338 e. The molecule has 0 radical (unpaired) electrons. The predicted molar refractivity (Wildman–Crippen MR) is 32.0 cm³/mol. The Labute approximate surface area is 53.7 Å². The zero-order chi connectivity index (χ0) is 7.44. The molecule has 9 heavy (non-hydrogen) atoms. The molecule has 0 bridgehead atoms. The molecule has 0 aromatic heterocycles. The second kappa shape index (κ2) is 3.43. The Morgan fingerprint density at radius 3 is 2.33 bits per heavy atom. The van der Waals surface area contributed by atoms with E-state index in [0.717, 1.165) is 0 Å². The molecule has 1 N–H and O–H groups in total. The smallest absolute Gasteiger partial charge is 0.338 e. The molecule has 2 unspecified atom stereocenters. The lowest BCUT2D eigenvalue weighted by molar-refractivity contribution is -0.144. The van der Waals surface area contributed by atoms with Gasteiger partial charge in [0.05, 0.1) is 0 Å². The van der Waals surface area contributed by atoms with Gasteiger partial charge in [-0.2, -0.15) is 0 Å². The average Bonchev–Trinajstić information content (AvgIpc) is 1.84. The Kier molecular flexibility index (Phi) is 3.20. The van der Waals surface area contributed by atoms with E-state index in [1.165, 1.54) is 0 Å². The summed E-state index contributed by atoms with van der Waals surface area (Å²) in [7, 11) is 0. The molecule has 0 fully saturated rings. The summed E-state index contributed by atoms with van der Waals surface area (Å²) >= 11 is 0. The van der Waals surface area contributed by atoms with E-state index in [9.17, 15) is 9.18 Å². The van der Waals surface area contributed by atoms with Gasteiger partial charge in [-0.1, -0.05) is 20.3 Å². The minimum absolute atomic E-state index is 0.373. The summed E-state index contributed by atoms with van der Waals surface area (Å²) in [5, 5.41) is 8.11. The number of carboxylic acids is 1. The Balaban J connectivity index is 3.72. The number of rotatable bonds is 3. The fourth-order valence-electron chi connectivity index (χ4n) is 0.450. The third-order valence-corrected chi connectivity index (χ3v) is 1.38. The van der Waals surface area contributed by atoms with Crippen molar-refractivity contribution in [2.75, 3.05) is 0 Å². The van der Waals surface area contributed by atoms with Crippen molar-refractivity contribution in [2.24, 2.45) is 5.92 Å². The molecule has 0 saturated heterocycles. The third-order valence-electron chi connectivity index (χ3n) is 1.38. The second-order valence-corrected chi connectivity index (χ2v) is 2.13. The van der Waals surface area contributed by atoms with Gasteiger partial charge in [0.1, 0.15) is 0 Å². The van der Waals surface area contributed by atoms with Crippen LogP contribution in [0.2, 0.25) is 0 Å². The first-order valence-electron chi connectivity index (χ1n) is 2.96. The normalized spacial score (nSPS) is 16.8. The van der Waals surface area contributed by atoms with Crippen molar-refractivity contribution in [1.29, 1.82) is 0 Å². The number of carbonyl (C=O) groups is 1. The van der Waals surface area contributed by atoms with Gasteiger partial charge in [-0.15, -0.1) is 0 Å². The monoisotopic (exact) mass is 134 g/mol. The van der Waals surface area contributed by atoms with Crippen LogP contribution in [0.4, 0.5) is 4.39 Å². The largest absolute Gasteiger partial charge is 0.479 e. The maximum absolute atomic E-state index is 12.3. The summed E-state index contributed by atoms with van der Waals surface area (Å²) in [6.45, 7) is 3.35. The summed E-state index contributed by atoms with van der Waals surface area (Å²) in [6.07, 6.45) is -1.14. The molecule has 2 atom stereocenters. The third kappa shape index (κ3) is 2.44. The first-order valence-corrected chi connectivity index (χ1v) is 2.96. The highest BCUT2D eigenvalue weighted by Gasteiger charge is 2.21. The van der Waals surface area contributed by atoms with E-state index >= 15 is 0 Å². The molecular weight excluding hydrogens is 123 g/mol. The minimum atomic E-state index is -1.70. The first-order chi connectivity index (χ1) is 4.09. The van der Waals surface area contributed by atoms with E-state index in [1.807, 2.05) is 0 Å². The van der Waals surface area contributed by atoms with E-state index in [0.29, 0.717) is 6.42 Å². The molecule has 0 heterocycles. The molecule has 0 saturated carbocycles. The summed E-state index contributed by atoms with van der Waals surface area (Å²) in [5.41, 5.74) is 0. The van der Waals surface area contributed by atoms with E-state index < -0.39 is 12.1 Å². The van der Waals surface area contributed by atoms with Crippen LogP contribution in [0.3, 0.4) is 0 Å². The topological polar surface area (TPSA) is 37.3 Å². The minimum Gasteiger partial charge on any atom is -0.479 e. The fraction of sp³-hybridized carbons (Fsp3) is 0.833. The molecular formula is C6H11FO2. The molecule has 0 aliphatic rings. The molecule has 2 nitrogen and oxygen atoms in total. The van der Waals surface area contributed by atoms with Crippen LogP contribution in [0.5, 0.6) is 0 Å². The highest BCUT2D eigenvalue weighted by atomic mass is 19.1. The summed E-state index contributed by atoms with van der Waals surface area (Å²) in [4.78, 5) is 9.92. The molecule has 3 heteroatoms. The lowest BCUT2D eigenvalue weighted by Gasteiger charge is -2.08. The summed E-state index contributed by atoms with van der Waals surface area (Å²) < 4.78 is 12.3. The molecule has 0 aromatic carbocycles. The number of halogens is 1. The van der Waals surface area contributed by atoms with Crippen LogP contribution in [0, 0.1) is 5.92 Å². The first kappa shape index (κ1) is 8.40. The van der Waals surface area contributed by atoms with Crippen LogP contribution in [-0.4, -0.2) is 17.2 Å². The Morgan fingerprint density at radius 1 is 1.78 bits per heavy atom. The van der Waals surface area contributed by atoms with Crippen LogP contribution in [0.1, 0.15) is 20.3 Å². The van der Waals surface area contributed by atoms with E-state index in [4.69, 9.17) is 5.11 Å². The van der Waals surface area contributed by atoms with Crippen LogP contribution < -0.4 is 0 Å². The van der Waals surface area contributed by atoms with Crippen LogP contribution in [0.25, 0.3) is 0 Å². The fourth-order valence-corrected chi connectivity index (χ4v) is 0.450. The lowest BCUT2D eigenvalue weighted by atomic mass is 10.0. The Bertz CT molecular complexity index is 103. The highest BCUT2D eigenvalue weighted by molar-refractivity contribution is 5.72. The van der Waals surface area contributed by atoms with Gasteiger partial charge in [-0.25, -0.2) is 9.18 Å². The second-order valence-electron chi connectivity index (χ2n) is 2.13. The van der Waals surface area contributed by atoms with Gasteiger partial charge in [-0.3, -0.25) is 0 Å². The highest BCUT2D eigenvalue weighted by Crippen LogP contribution is 2.10. The molecule has 0 aliphatic heterocycles. The lowest BCUT2D eigenvalue weighted by Crippen LogP contribution is -2.22. The zero-order valence-electron chi connectivity index (χ0n) is 5.60. The number of alkyl halides is 1. The van der Waals surface area contributed by atoms with Gasteiger partial charge < -0.3 is 5.11 Å². The summed E-state index contributed by atoms with van der Waals surface area (Å²) in [5.74, 6) is -1.73. The molecule has 54 valence electrons. The van der Waals surface area contributed by atoms with Crippen molar-refractivity contribution in [3.8, 4) is 0 Å². The van der Waals surface area contributed by atoms with Gasteiger partial charge in [0.25, 0.3) is 0 Å². The van der Waals surface area contributed by atoms with Gasteiger partial charge in [-0.05, 0) is 5.92 Å². The van der Waals surface area contributed by atoms with E-state index in [2.05, 4.69) is 0 Å². The van der Waals surface area contributed by atoms with E-state index in [1.54, 1.807) is 13.8 Å². The number of carboxylic acid groups (broad SMARTS) is 1. The molecule has 0 rings (SSSR count). The van der Waals surface area contributed by atoms with Gasteiger partial charge in [0.15, 0.2) is 6.17 Å². The van der Waals surface area contributed by atoms with E-state index in [-0.39, 0.29) is 5.92 Å². The predicted octanol–water partition coefficient (Wildman–Crippen LogP) is 1.46. The quantitative estimate of drug-likeness (QED) is 0.634. The zero-order valence-corrected chi connectivity index (χ0v) is 5.60. The van der Waals surface area contributed by atoms with Gasteiger partial charge in [0.2, 0.25) is 0 Å². The number of hydrogen-bond acceptors (Lipinski definition) is 1. The standard InChI is InChI=1S/C6H11FO2/c1-3-4(2)5(7)6(8)9/h4-5H,3H2,1-2H3,(H,8,9). The maximum atomic E-state index is 12.3. The van der Waals surface area contributed by atoms with Crippen molar-refractivity contribution in [2.45, 2.75) is 26.4 Å². The van der Waals surface area contributed by atoms with Crippen molar-refractivity contribution < 1.29 is 14.3 Å². The number of aliphatic carboxylic acids is 1. The number of hydrogen-bond donors (Lipinski definition) is 1. The van der Waals surface area contributed by atoms with Gasteiger partial charge >= 0.3 is 5.97 Å². The molecule has 0 spiro atoms. The molecule has 0 aliphatic carbocycles. The Morgan fingerprint density at radius 2 is 2.22 bits per heavy atom. The van der Waals surface area contributed by atoms with Crippen molar-refractivity contribution >= 4 is 5.97 Å².